The molecule has 1 heterocycles. The summed E-state index contributed by atoms with van der Waals surface area (Å²) in [6.45, 7) is 4.62. The summed E-state index contributed by atoms with van der Waals surface area (Å²) in [5.41, 5.74) is 1.78. The van der Waals surface area contributed by atoms with Gasteiger partial charge in [0.1, 0.15) is 0 Å². The topological polar surface area (TPSA) is 107 Å². The van der Waals surface area contributed by atoms with Crippen molar-refractivity contribution in [3.8, 4) is 0 Å². The second-order valence-corrected chi connectivity index (χ2v) is 10.4. The lowest BCUT2D eigenvalue weighted by atomic mass is 9.96. The number of nitrogens with one attached hydrogen (secondary N) is 1. The lowest BCUT2D eigenvalue weighted by Crippen LogP contribution is -2.60. The van der Waals surface area contributed by atoms with Crippen LogP contribution in [0.3, 0.4) is 0 Å². The van der Waals surface area contributed by atoms with E-state index in [4.69, 9.17) is 0 Å². The second kappa shape index (κ2) is 7.89. The number of β-amino-alcohol motifs (C(OH)–C–C–N with tert-alkyl or cyclic N) is 1. The minimum atomic E-state index is -3.39. The molecule has 29 heavy (non-hydrogen) atoms. The summed E-state index contributed by atoms with van der Waals surface area (Å²) in [5, 5.41) is 19.3. The zero-order valence-corrected chi connectivity index (χ0v) is 18.1. The van der Waals surface area contributed by atoms with Crippen molar-refractivity contribution in [3.05, 3.63) is 47.5 Å². The summed E-state index contributed by atoms with van der Waals surface area (Å²) in [6.07, 6.45) is 1.88. The Balaban J connectivity index is 1.93. The summed E-state index contributed by atoms with van der Waals surface area (Å²) in [7, 11) is -3.39. The Kier molecular flexibility index (Phi) is 5.84. The third-order valence-corrected chi connectivity index (χ3v) is 6.80. The number of aryl methyl sites for hydroxylation is 1. The van der Waals surface area contributed by atoms with Crippen LogP contribution < -0.4 is 9.62 Å². The summed E-state index contributed by atoms with van der Waals surface area (Å²) >= 11 is 1.24. The Hall–Kier alpha value is -2.23. The minimum Gasteiger partial charge on any atom is -0.478 e. The van der Waals surface area contributed by atoms with Gasteiger partial charge >= 0.3 is 5.97 Å². The minimum absolute atomic E-state index is 0.187. The molecule has 0 bridgehead atoms. The van der Waals surface area contributed by atoms with Crippen LogP contribution in [0.4, 0.5) is 11.4 Å². The van der Waals surface area contributed by atoms with Gasteiger partial charge in [-0.25, -0.2) is 13.2 Å². The molecule has 1 aliphatic heterocycles. The van der Waals surface area contributed by atoms with Gasteiger partial charge in [-0.2, -0.15) is 0 Å². The first-order valence-electron chi connectivity index (χ1n) is 9.11. The van der Waals surface area contributed by atoms with Crippen molar-refractivity contribution in [2.24, 2.45) is 0 Å². The van der Waals surface area contributed by atoms with Crippen molar-refractivity contribution in [2.75, 3.05) is 29.0 Å². The van der Waals surface area contributed by atoms with Crippen molar-refractivity contribution in [2.45, 2.75) is 35.7 Å². The Morgan fingerprint density at radius 2 is 1.93 bits per heavy atom. The maximum absolute atomic E-state index is 12.0. The molecular weight excluding hydrogens is 412 g/mol. The van der Waals surface area contributed by atoms with Crippen molar-refractivity contribution < 1.29 is 23.4 Å². The van der Waals surface area contributed by atoms with E-state index >= 15 is 0 Å². The maximum Gasteiger partial charge on any atom is 0.335 e. The summed E-state index contributed by atoms with van der Waals surface area (Å²) in [5.74, 6) is -1.00. The highest BCUT2D eigenvalue weighted by molar-refractivity contribution is 8.00. The van der Waals surface area contributed by atoms with E-state index in [2.05, 4.69) is 4.72 Å². The van der Waals surface area contributed by atoms with E-state index in [-0.39, 0.29) is 10.5 Å². The largest absolute Gasteiger partial charge is 0.478 e. The van der Waals surface area contributed by atoms with Crippen LogP contribution >= 0.6 is 11.9 Å². The molecule has 0 saturated carbocycles. The highest BCUT2D eigenvalue weighted by atomic mass is 32.2. The van der Waals surface area contributed by atoms with Gasteiger partial charge in [-0.3, -0.25) is 0 Å². The van der Waals surface area contributed by atoms with Crippen LogP contribution in [0.1, 0.15) is 29.8 Å². The number of anilines is 2. The highest BCUT2D eigenvalue weighted by Crippen LogP contribution is 2.37. The van der Waals surface area contributed by atoms with Gasteiger partial charge in [0.2, 0.25) is 0 Å². The molecular formula is C20H24N2O5S2. The van der Waals surface area contributed by atoms with Crippen LogP contribution in [0.15, 0.2) is 46.2 Å². The SMILES string of the molecule is CCc1ccc(C(=O)O)cc1SNc1cc(S(C)(=O)=O)ccc1N1CC(C)(O)C1. The standard InChI is InChI=1S/C20H24N2O5S2/c1-4-13-5-6-14(19(23)24)9-18(13)28-21-16-10-15(29(3,26)27)7-8-17(16)22-11-20(2,25)12-22/h5-10,21,25H,4,11-12H2,1-3H3,(H,23,24). The first-order chi connectivity index (χ1) is 13.5. The van der Waals surface area contributed by atoms with E-state index in [9.17, 15) is 23.4 Å². The fourth-order valence-electron chi connectivity index (χ4n) is 3.23. The fraction of sp³-hybridized carbons (Fsp3) is 0.350. The fourth-order valence-corrected chi connectivity index (χ4v) is 4.79. The number of benzene rings is 2. The van der Waals surface area contributed by atoms with Crippen LogP contribution in [-0.4, -0.2) is 49.5 Å². The first kappa shape index (κ1) is 21.5. The molecule has 3 N–H and O–H groups in total. The smallest absolute Gasteiger partial charge is 0.335 e. The molecule has 156 valence electrons. The predicted molar refractivity (Wildman–Crippen MR) is 115 cm³/mol. The average molecular weight is 437 g/mol. The molecule has 2 aromatic carbocycles. The van der Waals surface area contributed by atoms with Gasteiger partial charge in [0.05, 0.1) is 27.4 Å². The number of hydrogen-bond donors (Lipinski definition) is 3. The van der Waals surface area contributed by atoms with Gasteiger partial charge in [0.25, 0.3) is 0 Å². The molecule has 0 radical (unpaired) electrons. The highest BCUT2D eigenvalue weighted by Gasteiger charge is 2.37. The summed E-state index contributed by atoms with van der Waals surface area (Å²) < 4.78 is 27.2. The van der Waals surface area contributed by atoms with Gasteiger partial charge < -0.3 is 19.8 Å². The molecule has 1 aliphatic rings. The third-order valence-electron chi connectivity index (χ3n) is 4.77. The van der Waals surface area contributed by atoms with E-state index in [1.807, 2.05) is 11.8 Å². The van der Waals surface area contributed by atoms with Crippen molar-refractivity contribution in [3.63, 3.8) is 0 Å². The van der Waals surface area contributed by atoms with Crippen LogP contribution in [0.25, 0.3) is 0 Å². The Morgan fingerprint density at radius 1 is 1.24 bits per heavy atom. The zero-order valence-electron chi connectivity index (χ0n) is 16.5. The molecule has 2 aromatic rings. The van der Waals surface area contributed by atoms with Crippen molar-refractivity contribution in [1.29, 1.82) is 0 Å². The number of nitrogens with zero attached hydrogens (tertiary/aromatic N) is 1. The maximum atomic E-state index is 12.0. The number of aliphatic hydroxyl groups is 1. The average Bonchev–Trinajstić information content (AvgIpc) is 2.63. The van der Waals surface area contributed by atoms with Gasteiger partial charge in [0.15, 0.2) is 9.84 Å². The predicted octanol–water partition coefficient (Wildman–Crippen LogP) is 3.04. The quantitative estimate of drug-likeness (QED) is 0.569. The lowest BCUT2D eigenvalue weighted by molar-refractivity contribution is 0.0311. The molecule has 9 heteroatoms. The van der Waals surface area contributed by atoms with Crippen molar-refractivity contribution >= 4 is 39.1 Å². The Morgan fingerprint density at radius 3 is 2.48 bits per heavy atom. The van der Waals surface area contributed by atoms with E-state index in [0.29, 0.717) is 18.8 Å². The lowest BCUT2D eigenvalue weighted by Gasteiger charge is -2.46. The molecule has 0 aromatic heterocycles. The molecule has 0 spiro atoms. The summed E-state index contributed by atoms with van der Waals surface area (Å²) in [4.78, 5) is 14.2. The van der Waals surface area contributed by atoms with Gasteiger partial charge in [0, 0.05) is 24.2 Å². The molecule has 0 amide bonds. The number of hydrogen-bond acceptors (Lipinski definition) is 7. The molecule has 0 aliphatic carbocycles. The molecule has 3 rings (SSSR count). The zero-order chi connectivity index (χ0) is 21.4. The van der Waals surface area contributed by atoms with E-state index < -0.39 is 21.4 Å². The number of carbonyl (C=O) groups is 1. The van der Waals surface area contributed by atoms with E-state index in [1.165, 1.54) is 11.9 Å². The monoisotopic (exact) mass is 436 g/mol. The molecule has 7 nitrogen and oxygen atoms in total. The van der Waals surface area contributed by atoms with E-state index in [1.54, 1.807) is 43.3 Å². The Bertz CT molecular complexity index is 1040. The number of carboxylic acid groups (broad SMARTS) is 1. The van der Waals surface area contributed by atoms with Crippen LogP contribution in [0, 0.1) is 0 Å². The molecule has 0 unspecified atom stereocenters. The number of carboxylic acids is 1. The summed E-state index contributed by atoms with van der Waals surface area (Å²) in [6, 6.07) is 9.81. The first-order valence-corrected chi connectivity index (χ1v) is 11.8. The van der Waals surface area contributed by atoms with Gasteiger partial charge in [-0.05, 0) is 61.2 Å². The number of sulfone groups is 1. The second-order valence-electron chi connectivity index (χ2n) is 7.49. The third kappa shape index (κ3) is 4.85. The Labute approximate surface area is 174 Å². The normalized spacial score (nSPS) is 15.7. The number of aromatic carboxylic acids is 1. The van der Waals surface area contributed by atoms with Crippen LogP contribution in [0.2, 0.25) is 0 Å². The van der Waals surface area contributed by atoms with Crippen LogP contribution in [-0.2, 0) is 16.3 Å². The molecule has 0 atom stereocenters. The van der Waals surface area contributed by atoms with Crippen LogP contribution in [0.5, 0.6) is 0 Å². The van der Waals surface area contributed by atoms with Gasteiger partial charge in [-0.15, -0.1) is 0 Å². The number of rotatable bonds is 7. The van der Waals surface area contributed by atoms with Gasteiger partial charge in [-0.1, -0.05) is 13.0 Å². The van der Waals surface area contributed by atoms with Crippen molar-refractivity contribution in [1.82, 2.24) is 0 Å². The van der Waals surface area contributed by atoms with E-state index in [0.717, 1.165) is 28.8 Å². The molecule has 1 fully saturated rings. The molecule has 1 saturated heterocycles.